The molecule has 1 atom stereocenters. The third-order valence-corrected chi connectivity index (χ3v) is 6.67. The molecule has 0 aliphatic carbocycles. The molecular formula is C27H30N4O7S. The third-order valence-electron chi connectivity index (χ3n) is 5.43. The van der Waals surface area contributed by atoms with Crippen LogP contribution in [0.2, 0.25) is 0 Å². The van der Waals surface area contributed by atoms with Crippen LogP contribution in [0.3, 0.4) is 0 Å². The molecule has 3 aromatic carbocycles. The van der Waals surface area contributed by atoms with Crippen LogP contribution in [0, 0.1) is 0 Å². The lowest BCUT2D eigenvalue weighted by atomic mass is 10.2. The zero-order valence-corrected chi connectivity index (χ0v) is 22.8. The van der Waals surface area contributed by atoms with E-state index >= 15 is 0 Å². The van der Waals surface area contributed by atoms with E-state index in [1.807, 2.05) is 0 Å². The van der Waals surface area contributed by atoms with Gasteiger partial charge in [-0.2, -0.15) is 5.10 Å². The van der Waals surface area contributed by atoms with E-state index in [0.717, 1.165) is 10.6 Å². The highest BCUT2D eigenvalue weighted by Gasteiger charge is 2.29. The summed E-state index contributed by atoms with van der Waals surface area (Å²) in [5.41, 5.74) is 3.95. The number of methoxy groups -OCH3 is 2. The number of amides is 2. The van der Waals surface area contributed by atoms with Crippen molar-refractivity contribution in [2.75, 3.05) is 36.7 Å². The quantitative estimate of drug-likeness (QED) is 0.259. The second-order valence-electron chi connectivity index (χ2n) is 8.30. The fraction of sp³-hybridized carbons (Fsp3) is 0.222. The van der Waals surface area contributed by atoms with Gasteiger partial charge >= 0.3 is 0 Å². The minimum Gasteiger partial charge on any atom is -0.497 e. The summed E-state index contributed by atoms with van der Waals surface area (Å²) in [4.78, 5) is 24.8. The van der Waals surface area contributed by atoms with Crippen molar-refractivity contribution in [2.45, 2.75) is 13.0 Å². The maximum absolute atomic E-state index is 12.7. The Bertz CT molecular complexity index is 1390. The minimum atomic E-state index is -3.76. The lowest BCUT2D eigenvalue weighted by Crippen LogP contribution is -2.46. The van der Waals surface area contributed by atoms with E-state index in [1.165, 1.54) is 20.2 Å². The monoisotopic (exact) mass is 554 g/mol. The van der Waals surface area contributed by atoms with Crippen molar-refractivity contribution in [2.24, 2.45) is 5.10 Å². The molecule has 0 saturated carbocycles. The smallest absolute Gasteiger partial charge is 0.263 e. The number of benzene rings is 3. The van der Waals surface area contributed by atoms with Crippen molar-refractivity contribution in [1.29, 1.82) is 0 Å². The molecule has 12 heteroatoms. The van der Waals surface area contributed by atoms with Crippen molar-refractivity contribution < 1.29 is 32.2 Å². The van der Waals surface area contributed by atoms with Gasteiger partial charge in [0.15, 0.2) is 6.61 Å². The molecule has 0 heterocycles. The van der Waals surface area contributed by atoms with E-state index in [0.29, 0.717) is 34.2 Å². The molecule has 0 radical (unpaired) electrons. The average molecular weight is 555 g/mol. The Morgan fingerprint density at radius 2 is 1.44 bits per heavy atom. The number of hydrogen-bond acceptors (Lipinski definition) is 8. The summed E-state index contributed by atoms with van der Waals surface area (Å²) in [6, 6.07) is 18.9. The molecule has 0 aromatic heterocycles. The first-order valence-corrected chi connectivity index (χ1v) is 13.6. The number of nitrogens with zero attached hydrogens (tertiary/aromatic N) is 2. The van der Waals surface area contributed by atoms with Crippen molar-refractivity contribution in [3.05, 3.63) is 78.4 Å². The maximum Gasteiger partial charge on any atom is 0.263 e. The van der Waals surface area contributed by atoms with Gasteiger partial charge in [-0.15, -0.1) is 0 Å². The predicted octanol–water partition coefficient (Wildman–Crippen LogP) is 3.03. The topological polar surface area (TPSA) is 136 Å². The second-order valence-corrected chi connectivity index (χ2v) is 10.2. The van der Waals surface area contributed by atoms with Crippen LogP contribution in [0.1, 0.15) is 12.5 Å². The Labute approximate surface area is 227 Å². The number of carbonyl (C=O) groups is 2. The molecule has 0 fully saturated rings. The number of rotatable bonds is 12. The highest BCUT2D eigenvalue weighted by Crippen LogP contribution is 2.24. The van der Waals surface area contributed by atoms with Crippen molar-refractivity contribution >= 4 is 39.4 Å². The molecule has 206 valence electrons. The zero-order valence-electron chi connectivity index (χ0n) is 22.0. The summed E-state index contributed by atoms with van der Waals surface area (Å²) in [5.74, 6) is 0.780. The molecule has 0 aliphatic heterocycles. The van der Waals surface area contributed by atoms with Gasteiger partial charge in [-0.3, -0.25) is 13.9 Å². The highest BCUT2D eigenvalue weighted by atomic mass is 32.2. The standard InChI is InChI=1S/C27H30N4O7S/c1-19(31(39(4,34)35)22-9-15-24(37-3)16-10-22)27(33)30-28-17-20-5-11-25(12-6-20)38-18-26(32)29-21-7-13-23(36-2)14-8-21/h5-17,19H,18H2,1-4H3,(H,29,32)(H,30,33)/b28-17-/t19-/m0/s1. The molecule has 0 bridgehead atoms. The van der Waals surface area contributed by atoms with Crippen LogP contribution in [0.4, 0.5) is 11.4 Å². The first kappa shape index (κ1) is 29.0. The van der Waals surface area contributed by atoms with Gasteiger partial charge in [-0.1, -0.05) is 0 Å². The first-order chi connectivity index (χ1) is 18.6. The van der Waals surface area contributed by atoms with Crippen LogP contribution in [0.15, 0.2) is 77.9 Å². The maximum atomic E-state index is 12.7. The Kier molecular flexibility index (Phi) is 9.87. The van der Waals surface area contributed by atoms with Gasteiger partial charge in [0.1, 0.15) is 23.3 Å². The van der Waals surface area contributed by atoms with E-state index in [9.17, 15) is 18.0 Å². The molecule has 0 aliphatic rings. The number of sulfonamides is 1. The highest BCUT2D eigenvalue weighted by molar-refractivity contribution is 7.92. The normalized spacial score (nSPS) is 11.9. The van der Waals surface area contributed by atoms with Crippen LogP contribution < -0.4 is 29.3 Å². The van der Waals surface area contributed by atoms with Gasteiger partial charge < -0.3 is 19.5 Å². The Balaban J connectivity index is 1.52. The Morgan fingerprint density at radius 1 is 0.897 bits per heavy atom. The van der Waals surface area contributed by atoms with E-state index in [-0.39, 0.29) is 12.5 Å². The molecule has 11 nitrogen and oxygen atoms in total. The molecule has 3 aromatic rings. The van der Waals surface area contributed by atoms with Crippen LogP contribution in [0.25, 0.3) is 0 Å². The molecule has 39 heavy (non-hydrogen) atoms. The number of anilines is 2. The molecular weight excluding hydrogens is 524 g/mol. The van der Waals surface area contributed by atoms with Gasteiger partial charge in [0.25, 0.3) is 11.8 Å². The van der Waals surface area contributed by atoms with Gasteiger partial charge in [-0.25, -0.2) is 13.8 Å². The van der Waals surface area contributed by atoms with Gasteiger partial charge in [0, 0.05) is 5.69 Å². The van der Waals surface area contributed by atoms with Crippen molar-refractivity contribution in [3.8, 4) is 17.2 Å². The summed E-state index contributed by atoms with van der Waals surface area (Å²) in [7, 11) is -0.698. The number of hydrogen-bond donors (Lipinski definition) is 2. The van der Waals surface area contributed by atoms with Crippen molar-refractivity contribution in [3.63, 3.8) is 0 Å². The van der Waals surface area contributed by atoms with Gasteiger partial charge in [0.05, 0.1) is 32.4 Å². The average Bonchev–Trinajstić information content (AvgIpc) is 2.92. The van der Waals surface area contributed by atoms with Gasteiger partial charge in [-0.05, 0) is 85.3 Å². The Morgan fingerprint density at radius 3 is 1.97 bits per heavy atom. The summed E-state index contributed by atoms with van der Waals surface area (Å²) in [6.07, 6.45) is 2.43. The van der Waals surface area contributed by atoms with E-state index in [4.69, 9.17) is 14.2 Å². The fourth-order valence-corrected chi connectivity index (χ4v) is 4.65. The second kappa shape index (κ2) is 13.3. The number of ether oxygens (including phenoxy) is 3. The third kappa shape index (κ3) is 8.47. The SMILES string of the molecule is COc1ccc(NC(=O)COc2ccc(/C=N\NC(=O)[C@H](C)N(c3ccc(OC)cc3)S(C)(=O)=O)cc2)cc1. The lowest BCUT2D eigenvalue weighted by Gasteiger charge is -2.27. The van der Waals surface area contributed by atoms with Crippen LogP contribution in [-0.2, 0) is 19.6 Å². The summed E-state index contributed by atoms with van der Waals surface area (Å²) in [6.45, 7) is 1.28. The van der Waals surface area contributed by atoms with Gasteiger partial charge in [0.2, 0.25) is 10.0 Å². The summed E-state index contributed by atoms with van der Waals surface area (Å²) < 4.78 is 41.5. The van der Waals surface area contributed by atoms with E-state index in [2.05, 4.69) is 15.8 Å². The number of hydrazone groups is 1. The van der Waals surface area contributed by atoms with Crippen LogP contribution in [-0.4, -0.2) is 59.6 Å². The number of carbonyl (C=O) groups excluding carboxylic acids is 2. The van der Waals surface area contributed by atoms with E-state index in [1.54, 1.807) is 79.9 Å². The minimum absolute atomic E-state index is 0.182. The largest absolute Gasteiger partial charge is 0.497 e. The molecule has 0 spiro atoms. The molecule has 0 saturated heterocycles. The zero-order chi connectivity index (χ0) is 28.4. The lowest BCUT2D eigenvalue weighted by molar-refractivity contribution is -0.121. The first-order valence-electron chi connectivity index (χ1n) is 11.7. The van der Waals surface area contributed by atoms with Crippen LogP contribution in [0.5, 0.6) is 17.2 Å². The fourth-order valence-electron chi connectivity index (χ4n) is 3.47. The van der Waals surface area contributed by atoms with E-state index < -0.39 is 22.0 Å². The molecule has 2 amide bonds. The number of nitrogens with one attached hydrogen (secondary N) is 2. The van der Waals surface area contributed by atoms with Crippen molar-refractivity contribution in [1.82, 2.24) is 5.43 Å². The molecule has 2 N–H and O–H groups in total. The predicted molar refractivity (Wildman–Crippen MR) is 149 cm³/mol. The Hall–Kier alpha value is -4.58. The van der Waals surface area contributed by atoms with Crippen LogP contribution >= 0.6 is 0 Å². The molecule has 0 unspecified atom stereocenters. The molecule has 3 rings (SSSR count). The summed E-state index contributed by atoms with van der Waals surface area (Å²) >= 11 is 0. The summed E-state index contributed by atoms with van der Waals surface area (Å²) in [5, 5.41) is 6.66.